The quantitative estimate of drug-likeness (QED) is 0.328. The Hall–Kier alpha value is -4.26. The van der Waals surface area contributed by atoms with Crippen molar-refractivity contribution < 1.29 is 29.3 Å². The van der Waals surface area contributed by atoms with Gasteiger partial charge in [0, 0.05) is 5.69 Å². The third-order valence-electron chi connectivity index (χ3n) is 6.15. The number of aliphatic hydroxyl groups excluding tert-OH is 1. The van der Waals surface area contributed by atoms with Crippen LogP contribution in [-0.2, 0) is 9.59 Å². The predicted octanol–water partition coefficient (Wildman–Crippen LogP) is 4.65. The largest absolute Gasteiger partial charge is 0.508 e. The van der Waals surface area contributed by atoms with Gasteiger partial charge in [0.1, 0.15) is 28.6 Å². The molecule has 0 radical (unpaired) electrons. The fraction of sp³-hybridized carbons (Fsp3) is 0.185. The van der Waals surface area contributed by atoms with Crippen molar-refractivity contribution in [2.45, 2.75) is 19.9 Å². The maximum Gasteiger partial charge on any atom is 0.300 e. The van der Waals surface area contributed by atoms with Crippen LogP contribution in [0.4, 0.5) is 5.69 Å². The maximum absolute atomic E-state index is 13.4. The zero-order valence-corrected chi connectivity index (χ0v) is 19.3. The summed E-state index contributed by atoms with van der Waals surface area (Å²) in [6.45, 7) is 3.80. The van der Waals surface area contributed by atoms with Crippen LogP contribution in [0.1, 0.15) is 28.3 Å². The molecule has 0 saturated carbocycles. The Kier molecular flexibility index (Phi) is 6.03. The third kappa shape index (κ3) is 3.65. The summed E-state index contributed by atoms with van der Waals surface area (Å²) in [6, 6.07) is 15.7. The van der Waals surface area contributed by atoms with E-state index in [1.165, 1.54) is 31.3 Å². The summed E-state index contributed by atoms with van der Waals surface area (Å²) >= 11 is 0. The molecular weight excluding hydrogens is 434 g/mol. The van der Waals surface area contributed by atoms with Gasteiger partial charge >= 0.3 is 0 Å². The molecule has 34 heavy (non-hydrogen) atoms. The van der Waals surface area contributed by atoms with Gasteiger partial charge in [0.25, 0.3) is 11.7 Å². The second-order valence-electron chi connectivity index (χ2n) is 8.02. The molecule has 1 aliphatic heterocycles. The number of rotatable bonds is 5. The zero-order chi connectivity index (χ0) is 24.6. The first-order valence-corrected chi connectivity index (χ1v) is 10.7. The van der Waals surface area contributed by atoms with Crippen molar-refractivity contribution in [2.24, 2.45) is 0 Å². The molecule has 1 saturated heterocycles. The second-order valence-corrected chi connectivity index (χ2v) is 8.02. The number of phenolic OH excluding ortho intramolecular Hbond substituents is 1. The first-order valence-electron chi connectivity index (χ1n) is 10.7. The average molecular weight is 459 g/mol. The van der Waals surface area contributed by atoms with Crippen molar-refractivity contribution in [3.05, 3.63) is 88.5 Å². The molecule has 0 bridgehead atoms. The van der Waals surface area contributed by atoms with Gasteiger partial charge in [-0.1, -0.05) is 30.3 Å². The van der Waals surface area contributed by atoms with E-state index in [9.17, 15) is 19.8 Å². The summed E-state index contributed by atoms with van der Waals surface area (Å²) in [7, 11) is 2.88. The van der Waals surface area contributed by atoms with E-state index in [-0.39, 0.29) is 16.9 Å². The Morgan fingerprint density at radius 3 is 2.06 bits per heavy atom. The number of aryl methyl sites for hydroxylation is 1. The van der Waals surface area contributed by atoms with Gasteiger partial charge in [-0.25, -0.2) is 0 Å². The molecule has 0 spiro atoms. The molecule has 0 aliphatic carbocycles. The number of ketones is 1. The number of ether oxygens (including phenoxy) is 2. The number of aromatic hydroxyl groups is 1. The molecule has 0 aromatic heterocycles. The fourth-order valence-corrected chi connectivity index (χ4v) is 4.27. The SMILES string of the molecule is COc1cccc(OC)c1/C(O)=C1\C(=O)C(=O)N(c2cccc(C)c2C)C1c1ccc(O)cc1. The van der Waals surface area contributed by atoms with E-state index in [0.29, 0.717) is 22.7 Å². The lowest BCUT2D eigenvalue weighted by molar-refractivity contribution is -0.132. The van der Waals surface area contributed by atoms with Gasteiger partial charge in [0.05, 0.1) is 25.8 Å². The predicted molar refractivity (Wildman–Crippen MR) is 128 cm³/mol. The van der Waals surface area contributed by atoms with E-state index < -0.39 is 23.5 Å². The molecule has 2 N–H and O–H groups in total. The summed E-state index contributed by atoms with van der Waals surface area (Å²) in [5.41, 5.74) is 2.98. The Balaban J connectivity index is 2.04. The number of hydrogen-bond acceptors (Lipinski definition) is 6. The Morgan fingerprint density at radius 2 is 1.47 bits per heavy atom. The first kappa shape index (κ1) is 22.9. The third-order valence-corrected chi connectivity index (χ3v) is 6.15. The van der Waals surface area contributed by atoms with Crippen LogP contribution < -0.4 is 14.4 Å². The summed E-state index contributed by atoms with van der Waals surface area (Å²) < 4.78 is 10.8. The van der Waals surface area contributed by atoms with Crippen LogP contribution in [0.2, 0.25) is 0 Å². The molecule has 7 nitrogen and oxygen atoms in total. The Morgan fingerprint density at radius 1 is 0.882 bits per heavy atom. The highest BCUT2D eigenvalue weighted by molar-refractivity contribution is 6.51. The van der Waals surface area contributed by atoms with Gasteiger partial charge in [-0.2, -0.15) is 0 Å². The van der Waals surface area contributed by atoms with Crippen molar-refractivity contribution in [3.8, 4) is 17.2 Å². The average Bonchev–Trinajstić information content (AvgIpc) is 3.10. The molecule has 4 rings (SSSR count). The number of amides is 1. The summed E-state index contributed by atoms with van der Waals surface area (Å²) in [6.07, 6.45) is 0. The van der Waals surface area contributed by atoms with E-state index in [4.69, 9.17) is 9.47 Å². The number of nitrogens with zero attached hydrogens (tertiary/aromatic N) is 1. The van der Waals surface area contributed by atoms with Gasteiger partial charge < -0.3 is 19.7 Å². The minimum atomic E-state index is -0.935. The Labute approximate surface area is 197 Å². The summed E-state index contributed by atoms with van der Waals surface area (Å²) in [5.74, 6) is -1.37. The minimum Gasteiger partial charge on any atom is -0.508 e. The van der Waals surface area contributed by atoms with E-state index in [1.807, 2.05) is 26.0 Å². The molecule has 1 amide bonds. The lowest BCUT2D eigenvalue weighted by Crippen LogP contribution is -2.30. The highest BCUT2D eigenvalue weighted by atomic mass is 16.5. The standard InChI is InChI=1S/C27H25NO6/c1-15-7-5-8-19(16(15)2)28-24(17-11-13-18(29)14-12-17)23(26(31)27(28)32)25(30)22-20(33-3)9-6-10-21(22)34-4/h5-14,24,29-30H,1-4H3/b25-23+. The van der Waals surface area contributed by atoms with Crippen molar-refractivity contribution in [3.63, 3.8) is 0 Å². The van der Waals surface area contributed by atoms with Gasteiger partial charge in [-0.3, -0.25) is 14.5 Å². The summed E-state index contributed by atoms with van der Waals surface area (Å²) in [5, 5.41) is 21.3. The van der Waals surface area contributed by atoms with Crippen molar-refractivity contribution in [1.82, 2.24) is 0 Å². The van der Waals surface area contributed by atoms with Crippen molar-refractivity contribution in [2.75, 3.05) is 19.1 Å². The van der Waals surface area contributed by atoms with Crippen molar-refractivity contribution >= 4 is 23.1 Å². The number of methoxy groups -OCH3 is 2. The second kappa shape index (κ2) is 8.94. The van der Waals surface area contributed by atoms with Gasteiger partial charge in [-0.15, -0.1) is 0 Å². The van der Waals surface area contributed by atoms with Crippen LogP contribution in [0.15, 0.2) is 66.2 Å². The number of carbonyl (C=O) groups is 2. The molecule has 1 atom stereocenters. The van der Waals surface area contributed by atoms with Crippen molar-refractivity contribution in [1.29, 1.82) is 0 Å². The molecule has 1 aliphatic rings. The van der Waals surface area contributed by atoms with E-state index >= 15 is 0 Å². The van der Waals surface area contributed by atoms with Crippen LogP contribution in [0.3, 0.4) is 0 Å². The van der Waals surface area contributed by atoms with Crippen LogP contribution in [0.25, 0.3) is 5.76 Å². The molecule has 7 heteroatoms. The molecule has 1 unspecified atom stereocenters. The molecule has 174 valence electrons. The van der Waals surface area contributed by atoms with Gasteiger partial charge in [0.15, 0.2) is 0 Å². The highest BCUT2D eigenvalue weighted by Gasteiger charge is 2.48. The smallest absolute Gasteiger partial charge is 0.300 e. The minimum absolute atomic E-state index is 0.0406. The zero-order valence-electron chi connectivity index (χ0n) is 19.3. The maximum atomic E-state index is 13.4. The topological polar surface area (TPSA) is 96.3 Å². The number of Topliss-reactive ketones (excluding diaryl/α,β-unsaturated/α-hetero) is 1. The van der Waals surface area contributed by atoms with E-state index in [2.05, 4.69) is 0 Å². The monoisotopic (exact) mass is 459 g/mol. The van der Waals surface area contributed by atoms with Crippen LogP contribution >= 0.6 is 0 Å². The molecular formula is C27H25NO6. The van der Waals surface area contributed by atoms with Crippen LogP contribution in [0, 0.1) is 13.8 Å². The lowest BCUT2D eigenvalue weighted by atomic mass is 9.94. The van der Waals surface area contributed by atoms with Crippen LogP contribution in [0.5, 0.6) is 17.2 Å². The highest BCUT2D eigenvalue weighted by Crippen LogP contribution is 2.46. The first-order chi connectivity index (χ1) is 16.3. The number of anilines is 1. The van der Waals surface area contributed by atoms with Gasteiger partial charge in [-0.05, 0) is 60.9 Å². The number of carbonyl (C=O) groups excluding carboxylic acids is 2. The number of aliphatic hydroxyl groups is 1. The number of benzene rings is 3. The fourth-order valence-electron chi connectivity index (χ4n) is 4.27. The normalized spacial score (nSPS) is 17.2. The van der Waals surface area contributed by atoms with E-state index in [1.54, 1.807) is 36.4 Å². The lowest BCUT2D eigenvalue weighted by Gasteiger charge is -2.27. The molecule has 3 aromatic rings. The number of hydrogen-bond donors (Lipinski definition) is 2. The molecule has 1 heterocycles. The molecule has 1 fully saturated rings. The number of phenols is 1. The molecule has 3 aromatic carbocycles. The van der Waals surface area contributed by atoms with Gasteiger partial charge in [0.2, 0.25) is 0 Å². The Bertz CT molecular complexity index is 1290. The van der Waals surface area contributed by atoms with Crippen LogP contribution in [-0.4, -0.2) is 36.1 Å². The summed E-state index contributed by atoms with van der Waals surface area (Å²) in [4.78, 5) is 28.2. The van der Waals surface area contributed by atoms with E-state index in [0.717, 1.165) is 11.1 Å².